The summed E-state index contributed by atoms with van der Waals surface area (Å²) in [6.07, 6.45) is 2.69. The van der Waals surface area contributed by atoms with E-state index in [1.54, 1.807) is 18.2 Å². The summed E-state index contributed by atoms with van der Waals surface area (Å²) in [5, 5.41) is 3.50. The zero-order valence-electron chi connectivity index (χ0n) is 26.4. The molecular formula is C36H51ClN2O2. The molecule has 1 amide bonds. The summed E-state index contributed by atoms with van der Waals surface area (Å²) < 4.78 is 5.78. The Labute approximate surface area is 254 Å². The van der Waals surface area contributed by atoms with Gasteiger partial charge in [0.2, 0.25) is 0 Å². The van der Waals surface area contributed by atoms with Crippen LogP contribution in [0.1, 0.15) is 89.7 Å². The highest BCUT2D eigenvalue weighted by Crippen LogP contribution is 2.30. The van der Waals surface area contributed by atoms with Gasteiger partial charge in [0.1, 0.15) is 5.75 Å². The monoisotopic (exact) mass is 578 g/mol. The first-order chi connectivity index (χ1) is 19.4. The molecule has 0 atom stereocenters. The molecule has 41 heavy (non-hydrogen) atoms. The first-order valence-corrected chi connectivity index (χ1v) is 15.2. The number of allylic oxidation sites excluding steroid dienone is 1. The molecule has 0 spiro atoms. The smallest absolute Gasteiger partial charge is 0.255 e. The fraction of sp³-hybridized carbons (Fsp3) is 0.417. The summed E-state index contributed by atoms with van der Waals surface area (Å²) in [4.78, 5) is 12.8. The normalized spacial score (nSPS) is 10.6. The Balaban J connectivity index is 0.00000129. The van der Waals surface area contributed by atoms with Crippen molar-refractivity contribution in [1.29, 1.82) is 0 Å². The maximum absolute atomic E-state index is 12.8. The maximum Gasteiger partial charge on any atom is 0.255 e. The lowest BCUT2D eigenvalue weighted by atomic mass is 9.81. The van der Waals surface area contributed by atoms with Crippen LogP contribution < -0.4 is 15.8 Å². The number of unbranched alkanes of at least 4 members (excludes halogenated alkanes) is 1. The van der Waals surface area contributed by atoms with E-state index in [4.69, 9.17) is 22.1 Å². The highest BCUT2D eigenvalue weighted by Gasteiger charge is 2.22. The Morgan fingerprint density at radius 3 is 2.02 bits per heavy atom. The Kier molecular flexibility index (Phi) is 15.9. The quantitative estimate of drug-likeness (QED) is 0.223. The fourth-order valence-corrected chi connectivity index (χ4v) is 3.85. The number of carbonyl (C=O) groups excluding carboxylic acids is 1. The minimum atomic E-state index is -0.264. The lowest BCUT2D eigenvalue weighted by Gasteiger charge is -2.25. The maximum atomic E-state index is 12.8. The van der Waals surface area contributed by atoms with Crippen molar-refractivity contribution >= 4 is 17.5 Å². The largest absolute Gasteiger partial charge is 0.493 e. The molecule has 0 fully saturated rings. The number of hydrogen-bond donors (Lipinski definition) is 2. The SMILES string of the molecule is C=C(N)C(C)(C)c1ccc(-c2ccc(CCNC(=O)c3cc(Cl)ccc3OCCCC)cc2)cc1.CC.CC(C)C. The van der Waals surface area contributed by atoms with E-state index in [9.17, 15) is 4.79 Å². The number of amides is 1. The lowest BCUT2D eigenvalue weighted by molar-refractivity contribution is 0.0950. The number of nitrogens with one attached hydrogen (secondary N) is 1. The van der Waals surface area contributed by atoms with E-state index >= 15 is 0 Å². The molecule has 0 aliphatic carbocycles. The zero-order valence-corrected chi connectivity index (χ0v) is 27.2. The first-order valence-electron chi connectivity index (χ1n) is 14.8. The van der Waals surface area contributed by atoms with E-state index in [1.165, 1.54) is 0 Å². The predicted molar refractivity (Wildman–Crippen MR) is 178 cm³/mol. The molecule has 3 rings (SSSR count). The molecule has 0 radical (unpaired) electrons. The van der Waals surface area contributed by atoms with Gasteiger partial charge in [-0.05, 0) is 59.2 Å². The van der Waals surface area contributed by atoms with Gasteiger partial charge in [-0.15, -0.1) is 0 Å². The number of ether oxygens (including phenoxy) is 1. The number of hydrogen-bond acceptors (Lipinski definition) is 3. The van der Waals surface area contributed by atoms with Crippen molar-refractivity contribution in [3.8, 4) is 16.9 Å². The van der Waals surface area contributed by atoms with Crippen molar-refractivity contribution in [2.24, 2.45) is 11.7 Å². The van der Waals surface area contributed by atoms with Gasteiger partial charge in [0.15, 0.2) is 0 Å². The third-order valence-electron chi connectivity index (χ3n) is 6.34. The molecule has 3 N–H and O–H groups in total. The molecule has 0 saturated carbocycles. The predicted octanol–water partition coefficient (Wildman–Crippen LogP) is 9.60. The van der Waals surface area contributed by atoms with Crippen LogP contribution in [0.4, 0.5) is 0 Å². The number of carbonyl (C=O) groups is 1. The minimum Gasteiger partial charge on any atom is -0.493 e. The van der Waals surface area contributed by atoms with E-state index in [2.05, 4.69) is 102 Å². The molecule has 0 aromatic heterocycles. The zero-order chi connectivity index (χ0) is 31.0. The van der Waals surface area contributed by atoms with Gasteiger partial charge in [-0.25, -0.2) is 0 Å². The van der Waals surface area contributed by atoms with Gasteiger partial charge in [0.25, 0.3) is 5.91 Å². The van der Waals surface area contributed by atoms with E-state index in [-0.39, 0.29) is 11.3 Å². The van der Waals surface area contributed by atoms with E-state index < -0.39 is 0 Å². The van der Waals surface area contributed by atoms with Crippen LogP contribution in [-0.4, -0.2) is 19.1 Å². The molecule has 0 saturated heterocycles. The Bertz CT molecular complexity index is 1200. The number of halogens is 1. The molecule has 3 aromatic carbocycles. The van der Waals surface area contributed by atoms with E-state index in [0.717, 1.165) is 47.4 Å². The van der Waals surface area contributed by atoms with Gasteiger partial charge in [-0.1, -0.05) is 129 Å². The minimum absolute atomic E-state index is 0.182. The summed E-state index contributed by atoms with van der Waals surface area (Å²) in [7, 11) is 0. The summed E-state index contributed by atoms with van der Waals surface area (Å²) in [5.74, 6) is 1.22. The molecular weight excluding hydrogens is 528 g/mol. The Morgan fingerprint density at radius 2 is 1.51 bits per heavy atom. The third-order valence-corrected chi connectivity index (χ3v) is 6.57. The average molecular weight is 579 g/mol. The van der Waals surface area contributed by atoms with Crippen molar-refractivity contribution in [3.63, 3.8) is 0 Å². The molecule has 3 aromatic rings. The topological polar surface area (TPSA) is 64.3 Å². The molecule has 0 heterocycles. The van der Waals surface area contributed by atoms with Gasteiger partial charge in [0, 0.05) is 22.7 Å². The van der Waals surface area contributed by atoms with Crippen LogP contribution in [-0.2, 0) is 11.8 Å². The van der Waals surface area contributed by atoms with Gasteiger partial charge in [-0.3, -0.25) is 4.79 Å². The van der Waals surface area contributed by atoms with Crippen LogP contribution in [0.15, 0.2) is 79.0 Å². The van der Waals surface area contributed by atoms with Gasteiger partial charge in [0.05, 0.1) is 12.2 Å². The third kappa shape index (κ3) is 12.0. The second-order valence-corrected chi connectivity index (χ2v) is 11.4. The highest BCUT2D eigenvalue weighted by molar-refractivity contribution is 6.31. The first kappa shape index (κ1) is 35.8. The van der Waals surface area contributed by atoms with E-state index in [0.29, 0.717) is 35.2 Å². The van der Waals surface area contributed by atoms with Crippen molar-refractivity contribution in [3.05, 3.63) is 101 Å². The van der Waals surface area contributed by atoms with E-state index in [1.807, 2.05) is 13.8 Å². The lowest BCUT2D eigenvalue weighted by Crippen LogP contribution is -2.26. The van der Waals surface area contributed by atoms with Crippen LogP contribution in [0.25, 0.3) is 11.1 Å². The van der Waals surface area contributed by atoms with Gasteiger partial charge in [-0.2, -0.15) is 0 Å². The second kappa shape index (κ2) is 18.2. The van der Waals surface area contributed by atoms with Crippen molar-refractivity contribution < 1.29 is 9.53 Å². The van der Waals surface area contributed by atoms with Crippen LogP contribution in [0.2, 0.25) is 5.02 Å². The average Bonchev–Trinajstić information content (AvgIpc) is 2.95. The Hall–Kier alpha value is -3.24. The second-order valence-electron chi connectivity index (χ2n) is 11.0. The van der Waals surface area contributed by atoms with Crippen LogP contribution in [0.3, 0.4) is 0 Å². The molecule has 4 nitrogen and oxygen atoms in total. The van der Waals surface area contributed by atoms with Crippen LogP contribution in [0.5, 0.6) is 5.75 Å². The summed E-state index contributed by atoms with van der Waals surface area (Å²) >= 11 is 6.12. The number of nitrogens with two attached hydrogens (primary N) is 1. The molecule has 5 heteroatoms. The summed E-state index contributed by atoms with van der Waals surface area (Å²) in [5.41, 5.74) is 11.4. The van der Waals surface area contributed by atoms with Crippen molar-refractivity contribution in [2.75, 3.05) is 13.2 Å². The van der Waals surface area contributed by atoms with Crippen molar-refractivity contribution in [2.45, 2.75) is 80.1 Å². The number of benzene rings is 3. The Morgan fingerprint density at radius 1 is 0.976 bits per heavy atom. The highest BCUT2D eigenvalue weighted by atomic mass is 35.5. The van der Waals surface area contributed by atoms with Crippen LogP contribution >= 0.6 is 11.6 Å². The molecule has 0 aliphatic rings. The van der Waals surface area contributed by atoms with Gasteiger partial charge < -0.3 is 15.8 Å². The molecule has 0 bridgehead atoms. The molecule has 0 unspecified atom stereocenters. The van der Waals surface area contributed by atoms with Gasteiger partial charge >= 0.3 is 0 Å². The number of rotatable bonds is 11. The van der Waals surface area contributed by atoms with Crippen molar-refractivity contribution in [1.82, 2.24) is 5.32 Å². The molecule has 224 valence electrons. The summed E-state index contributed by atoms with van der Waals surface area (Å²) in [6.45, 7) is 21.8. The standard InChI is InChI=1S/C30H35ClN2O2.C4H10.C2H6/c1-5-6-19-35-28-16-15-26(31)20-27(28)29(34)33-18-17-22-7-9-23(10-8-22)24-11-13-25(14-12-24)30(3,4)21(2)32;1-4(2)3;1-2/h7-16,20H,2,5-6,17-19,32H2,1,3-4H3,(H,33,34);4H,1-3H3;1-2H3. The molecule has 0 aliphatic heterocycles. The summed E-state index contributed by atoms with van der Waals surface area (Å²) in [6, 6.07) is 22.0. The fourth-order valence-electron chi connectivity index (χ4n) is 3.68. The van der Waals surface area contributed by atoms with Crippen LogP contribution in [0, 0.1) is 5.92 Å².